The molecular weight excluding hydrogens is 270 g/mol. The first-order chi connectivity index (χ1) is 9.68. The van der Waals surface area contributed by atoms with E-state index in [1.807, 2.05) is 6.92 Å². The summed E-state index contributed by atoms with van der Waals surface area (Å²) in [5.41, 5.74) is 6.16. The Morgan fingerprint density at radius 3 is 2.52 bits per heavy atom. The highest BCUT2D eigenvalue weighted by Crippen LogP contribution is 2.20. The summed E-state index contributed by atoms with van der Waals surface area (Å²) in [4.78, 5) is 22.6. The molecule has 0 saturated carbocycles. The van der Waals surface area contributed by atoms with Crippen molar-refractivity contribution in [2.75, 3.05) is 6.54 Å². The number of nitrogens with one attached hydrogen (secondary N) is 1. The summed E-state index contributed by atoms with van der Waals surface area (Å²) in [5, 5.41) is 13.7. The van der Waals surface area contributed by atoms with Crippen LogP contribution < -0.4 is 11.1 Å². The molecule has 1 amide bonds. The van der Waals surface area contributed by atoms with Crippen LogP contribution in [0, 0.1) is 23.0 Å². The molecule has 21 heavy (non-hydrogen) atoms. The number of nitro benzene ring substituents is 1. The van der Waals surface area contributed by atoms with E-state index in [-0.39, 0.29) is 11.6 Å². The lowest BCUT2D eigenvalue weighted by Gasteiger charge is -2.31. The van der Waals surface area contributed by atoms with Crippen molar-refractivity contribution in [2.24, 2.45) is 11.7 Å². The van der Waals surface area contributed by atoms with Gasteiger partial charge in [-0.15, -0.1) is 0 Å². The molecule has 0 spiro atoms. The highest BCUT2D eigenvalue weighted by molar-refractivity contribution is 5.95. The molecule has 0 aliphatic rings. The summed E-state index contributed by atoms with van der Waals surface area (Å²) in [6, 6.07) is 4.35. The monoisotopic (exact) mass is 293 g/mol. The van der Waals surface area contributed by atoms with Gasteiger partial charge in [0, 0.05) is 29.3 Å². The molecule has 6 nitrogen and oxygen atoms in total. The smallest absolute Gasteiger partial charge is 0.272 e. The van der Waals surface area contributed by atoms with E-state index >= 15 is 0 Å². The van der Waals surface area contributed by atoms with E-state index in [1.165, 1.54) is 18.2 Å². The largest absolute Gasteiger partial charge is 0.346 e. The molecule has 1 unspecified atom stereocenters. The Morgan fingerprint density at radius 2 is 2.10 bits per heavy atom. The van der Waals surface area contributed by atoms with E-state index in [0.29, 0.717) is 23.6 Å². The average molecular weight is 293 g/mol. The van der Waals surface area contributed by atoms with Gasteiger partial charge < -0.3 is 11.1 Å². The second kappa shape index (κ2) is 6.67. The van der Waals surface area contributed by atoms with Gasteiger partial charge in [-0.25, -0.2) is 0 Å². The molecule has 0 radical (unpaired) electrons. The topological polar surface area (TPSA) is 98.3 Å². The van der Waals surface area contributed by atoms with Gasteiger partial charge in [-0.2, -0.15) is 0 Å². The maximum absolute atomic E-state index is 12.3. The van der Waals surface area contributed by atoms with Crippen LogP contribution in [-0.2, 0) is 0 Å². The van der Waals surface area contributed by atoms with Crippen LogP contribution in [0.2, 0.25) is 0 Å². The first-order valence-corrected chi connectivity index (χ1v) is 6.96. The number of carbonyl (C=O) groups is 1. The summed E-state index contributed by atoms with van der Waals surface area (Å²) >= 11 is 0. The molecular formula is C15H23N3O3. The van der Waals surface area contributed by atoms with Crippen molar-refractivity contribution in [1.29, 1.82) is 0 Å². The molecule has 3 N–H and O–H groups in total. The van der Waals surface area contributed by atoms with Crippen LogP contribution in [0.4, 0.5) is 5.69 Å². The molecule has 1 atom stereocenters. The number of carbonyl (C=O) groups excluding carboxylic acids is 1. The number of amides is 1. The van der Waals surface area contributed by atoms with Crippen LogP contribution in [0.1, 0.15) is 43.1 Å². The maximum atomic E-state index is 12.3. The van der Waals surface area contributed by atoms with Gasteiger partial charge in [-0.05, 0) is 38.3 Å². The van der Waals surface area contributed by atoms with Gasteiger partial charge in [-0.3, -0.25) is 14.9 Å². The molecule has 116 valence electrons. The van der Waals surface area contributed by atoms with Crippen LogP contribution in [0.15, 0.2) is 18.2 Å². The molecule has 0 aliphatic heterocycles. The molecule has 1 aromatic carbocycles. The third-order valence-corrected chi connectivity index (χ3v) is 3.38. The first kappa shape index (κ1) is 17.1. The van der Waals surface area contributed by atoms with Crippen LogP contribution in [-0.4, -0.2) is 22.9 Å². The van der Waals surface area contributed by atoms with Crippen molar-refractivity contribution in [3.63, 3.8) is 0 Å². The SMILES string of the molecule is Cc1cc(C(=O)NC(C)(CN)CC(C)C)ccc1[N+](=O)[O-]. The van der Waals surface area contributed by atoms with Gasteiger partial charge in [0.25, 0.3) is 11.6 Å². The third kappa shape index (κ3) is 4.53. The normalized spacial score (nSPS) is 13.8. The second-order valence-electron chi connectivity index (χ2n) is 6.08. The predicted molar refractivity (Wildman–Crippen MR) is 82.2 cm³/mol. The number of aryl methyl sites for hydroxylation is 1. The zero-order valence-corrected chi connectivity index (χ0v) is 13.0. The number of hydrogen-bond acceptors (Lipinski definition) is 4. The highest BCUT2D eigenvalue weighted by atomic mass is 16.6. The third-order valence-electron chi connectivity index (χ3n) is 3.38. The van der Waals surface area contributed by atoms with Crippen molar-refractivity contribution in [3.8, 4) is 0 Å². The quantitative estimate of drug-likeness (QED) is 0.621. The second-order valence-corrected chi connectivity index (χ2v) is 6.08. The van der Waals surface area contributed by atoms with Crippen molar-refractivity contribution in [3.05, 3.63) is 39.4 Å². The molecule has 0 saturated heterocycles. The summed E-state index contributed by atoms with van der Waals surface area (Å²) in [6.07, 6.45) is 0.765. The summed E-state index contributed by atoms with van der Waals surface area (Å²) in [6.45, 7) is 7.99. The van der Waals surface area contributed by atoms with Crippen LogP contribution in [0.5, 0.6) is 0 Å². The first-order valence-electron chi connectivity index (χ1n) is 6.96. The number of nitrogens with zero attached hydrogens (tertiary/aromatic N) is 1. The molecule has 6 heteroatoms. The Hall–Kier alpha value is -1.95. The molecule has 0 heterocycles. The van der Waals surface area contributed by atoms with Gasteiger partial charge in [0.1, 0.15) is 0 Å². The Morgan fingerprint density at radius 1 is 1.48 bits per heavy atom. The van der Waals surface area contributed by atoms with Crippen molar-refractivity contribution >= 4 is 11.6 Å². The molecule has 0 fully saturated rings. The number of nitrogens with two attached hydrogens (primary N) is 1. The number of benzene rings is 1. The fraction of sp³-hybridized carbons (Fsp3) is 0.533. The zero-order valence-electron chi connectivity index (χ0n) is 13.0. The lowest BCUT2D eigenvalue weighted by molar-refractivity contribution is -0.385. The fourth-order valence-corrected chi connectivity index (χ4v) is 2.43. The minimum Gasteiger partial charge on any atom is -0.346 e. The Balaban J connectivity index is 2.93. The number of nitro groups is 1. The minimum atomic E-state index is -0.485. The van der Waals surface area contributed by atoms with Gasteiger partial charge in [0.2, 0.25) is 0 Å². The van der Waals surface area contributed by atoms with Crippen LogP contribution in [0.25, 0.3) is 0 Å². The number of hydrogen-bond donors (Lipinski definition) is 2. The van der Waals surface area contributed by atoms with Gasteiger partial charge >= 0.3 is 0 Å². The van der Waals surface area contributed by atoms with E-state index in [0.717, 1.165) is 6.42 Å². The lowest BCUT2D eigenvalue weighted by atomic mass is 9.90. The minimum absolute atomic E-state index is 0.00955. The Kier molecular flexibility index (Phi) is 5.43. The zero-order chi connectivity index (χ0) is 16.2. The molecule has 0 aliphatic carbocycles. The average Bonchev–Trinajstić information content (AvgIpc) is 2.37. The van der Waals surface area contributed by atoms with Crippen LogP contribution in [0.3, 0.4) is 0 Å². The van der Waals surface area contributed by atoms with Gasteiger partial charge in [0.05, 0.1) is 4.92 Å². The van der Waals surface area contributed by atoms with Gasteiger partial charge in [0.15, 0.2) is 0 Å². The van der Waals surface area contributed by atoms with E-state index in [2.05, 4.69) is 19.2 Å². The standard InChI is InChI=1S/C15H23N3O3/c1-10(2)8-15(4,9-16)17-14(19)12-5-6-13(18(20)21)11(3)7-12/h5-7,10H,8-9,16H2,1-4H3,(H,17,19). The van der Waals surface area contributed by atoms with E-state index < -0.39 is 10.5 Å². The number of rotatable bonds is 6. The Bertz CT molecular complexity index is 543. The Labute approximate surface area is 124 Å². The maximum Gasteiger partial charge on any atom is 0.272 e. The lowest BCUT2D eigenvalue weighted by Crippen LogP contribution is -2.52. The molecule has 1 rings (SSSR count). The van der Waals surface area contributed by atoms with E-state index in [9.17, 15) is 14.9 Å². The van der Waals surface area contributed by atoms with Crippen molar-refractivity contribution in [1.82, 2.24) is 5.32 Å². The molecule has 1 aromatic rings. The van der Waals surface area contributed by atoms with Crippen LogP contribution >= 0.6 is 0 Å². The predicted octanol–water partition coefficient (Wildman–Crippen LogP) is 2.40. The van der Waals surface area contributed by atoms with E-state index in [1.54, 1.807) is 6.92 Å². The fourth-order valence-electron chi connectivity index (χ4n) is 2.43. The summed E-state index contributed by atoms with van der Waals surface area (Å²) in [7, 11) is 0. The summed E-state index contributed by atoms with van der Waals surface area (Å²) in [5.74, 6) is 0.138. The van der Waals surface area contributed by atoms with E-state index in [4.69, 9.17) is 5.73 Å². The highest BCUT2D eigenvalue weighted by Gasteiger charge is 2.26. The molecule has 0 bridgehead atoms. The van der Waals surface area contributed by atoms with Gasteiger partial charge in [-0.1, -0.05) is 13.8 Å². The molecule has 0 aromatic heterocycles. The van der Waals surface area contributed by atoms with Crippen molar-refractivity contribution in [2.45, 2.75) is 39.7 Å². The summed E-state index contributed by atoms with van der Waals surface area (Å²) < 4.78 is 0. The van der Waals surface area contributed by atoms with Crippen molar-refractivity contribution < 1.29 is 9.72 Å².